The Morgan fingerprint density at radius 2 is 2.16 bits per heavy atom. The lowest BCUT2D eigenvalue weighted by atomic mass is 10.3. The molecule has 0 aromatic carbocycles. The molecule has 0 aliphatic carbocycles. The standard InChI is InChI=1S/C12H19BrN4O2/c1-4-17(5-2)10(18)6-7-14-12-15-8-9(13)11(16-12)19-3/h8H,4-7H2,1-3H3,(H,14,15,16). The normalized spacial score (nSPS) is 10.1. The number of nitrogens with one attached hydrogen (secondary N) is 1. The maximum absolute atomic E-state index is 11.8. The Hall–Kier alpha value is -1.37. The third-order valence-electron chi connectivity index (χ3n) is 2.64. The van der Waals surface area contributed by atoms with E-state index in [2.05, 4.69) is 31.2 Å². The molecular weight excluding hydrogens is 312 g/mol. The Morgan fingerprint density at radius 3 is 2.74 bits per heavy atom. The molecule has 0 saturated carbocycles. The second kappa shape index (κ2) is 7.93. The zero-order chi connectivity index (χ0) is 14.3. The van der Waals surface area contributed by atoms with Gasteiger partial charge in [-0.1, -0.05) is 0 Å². The van der Waals surface area contributed by atoms with Crippen LogP contribution in [0.15, 0.2) is 10.7 Å². The van der Waals surface area contributed by atoms with Gasteiger partial charge >= 0.3 is 0 Å². The zero-order valence-electron chi connectivity index (χ0n) is 11.4. The van der Waals surface area contributed by atoms with Gasteiger partial charge in [-0.2, -0.15) is 4.98 Å². The number of ether oxygens (including phenoxy) is 1. The minimum atomic E-state index is 0.126. The van der Waals surface area contributed by atoms with Crippen molar-refractivity contribution in [3.63, 3.8) is 0 Å². The summed E-state index contributed by atoms with van der Waals surface area (Å²) in [7, 11) is 1.54. The Kier molecular flexibility index (Phi) is 6.55. The molecule has 6 nitrogen and oxygen atoms in total. The van der Waals surface area contributed by atoms with Crippen molar-refractivity contribution in [2.45, 2.75) is 20.3 Å². The molecule has 19 heavy (non-hydrogen) atoms. The molecule has 0 saturated heterocycles. The highest BCUT2D eigenvalue weighted by Gasteiger charge is 2.09. The number of methoxy groups -OCH3 is 1. The van der Waals surface area contributed by atoms with Crippen molar-refractivity contribution in [2.24, 2.45) is 0 Å². The molecule has 7 heteroatoms. The summed E-state index contributed by atoms with van der Waals surface area (Å²) in [5.41, 5.74) is 0. The first-order valence-corrected chi connectivity index (χ1v) is 6.99. The van der Waals surface area contributed by atoms with E-state index < -0.39 is 0 Å². The van der Waals surface area contributed by atoms with Crippen molar-refractivity contribution >= 4 is 27.8 Å². The van der Waals surface area contributed by atoms with Gasteiger partial charge in [-0.3, -0.25) is 4.79 Å². The highest BCUT2D eigenvalue weighted by Crippen LogP contribution is 2.21. The lowest BCUT2D eigenvalue weighted by molar-refractivity contribution is -0.130. The lowest BCUT2D eigenvalue weighted by Gasteiger charge is -2.18. The van der Waals surface area contributed by atoms with Crippen molar-refractivity contribution in [1.82, 2.24) is 14.9 Å². The van der Waals surface area contributed by atoms with Gasteiger partial charge in [0.25, 0.3) is 0 Å². The number of amides is 1. The monoisotopic (exact) mass is 330 g/mol. The molecule has 0 spiro atoms. The summed E-state index contributed by atoms with van der Waals surface area (Å²) in [4.78, 5) is 21.8. The fourth-order valence-corrected chi connectivity index (χ4v) is 1.95. The molecule has 1 rings (SSSR count). The van der Waals surface area contributed by atoms with E-state index in [-0.39, 0.29) is 5.91 Å². The molecule has 106 valence electrons. The smallest absolute Gasteiger partial charge is 0.232 e. The molecule has 0 radical (unpaired) electrons. The number of carbonyl (C=O) groups is 1. The summed E-state index contributed by atoms with van der Waals surface area (Å²) in [6.07, 6.45) is 2.03. The number of hydrogen-bond acceptors (Lipinski definition) is 5. The van der Waals surface area contributed by atoms with Crippen molar-refractivity contribution < 1.29 is 9.53 Å². The Bertz CT molecular complexity index is 424. The van der Waals surface area contributed by atoms with Gasteiger partial charge in [0.05, 0.1) is 17.8 Å². The summed E-state index contributed by atoms with van der Waals surface area (Å²) in [5, 5.41) is 3.01. The van der Waals surface area contributed by atoms with Crippen molar-refractivity contribution in [2.75, 3.05) is 32.1 Å². The maximum Gasteiger partial charge on any atom is 0.232 e. The van der Waals surface area contributed by atoms with E-state index in [1.54, 1.807) is 18.2 Å². The molecule has 0 fully saturated rings. The van der Waals surface area contributed by atoms with Gasteiger partial charge in [0.15, 0.2) is 0 Å². The minimum Gasteiger partial charge on any atom is -0.480 e. The quantitative estimate of drug-likeness (QED) is 0.827. The third-order valence-corrected chi connectivity index (χ3v) is 3.19. The predicted octanol–water partition coefficient (Wildman–Crippen LogP) is 1.92. The van der Waals surface area contributed by atoms with Crippen LogP contribution in [0, 0.1) is 0 Å². The molecule has 0 atom stereocenters. The second-order valence-corrected chi connectivity index (χ2v) is 4.65. The van der Waals surface area contributed by atoms with Crippen molar-refractivity contribution in [3.05, 3.63) is 10.7 Å². The van der Waals surface area contributed by atoms with E-state index in [4.69, 9.17) is 4.74 Å². The van der Waals surface area contributed by atoms with Gasteiger partial charge in [0, 0.05) is 26.1 Å². The zero-order valence-corrected chi connectivity index (χ0v) is 13.0. The van der Waals surface area contributed by atoms with E-state index in [0.717, 1.165) is 13.1 Å². The second-order valence-electron chi connectivity index (χ2n) is 3.79. The fraction of sp³-hybridized carbons (Fsp3) is 0.583. The summed E-state index contributed by atoms with van der Waals surface area (Å²) >= 11 is 3.28. The number of anilines is 1. The van der Waals surface area contributed by atoms with Crippen LogP contribution in [0.25, 0.3) is 0 Å². The molecular formula is C12H19BrN4O2. The highest BCUT2D eigenvalue weighted by molar-refractivity contribution is 9.10. The number of hydrogen-bond donors (Lipinski definition) is 1. The van der Waals surface area contributed by atoms with E-state index in [1.807, 2.05) is 13.8 Å². The molecule has 0 aliphatic heterocycles. The molecule has 0 bridgehead atoms. The Morgan fingerprint density at radius 1 is 1.47 bits per heavy atom. The summed E-state index contributed by atoms with van der Waals surface area (Å²) in [6.45, 7) is 5.91. The lowest BCUT2D eigenvalue weighted by Crippen LogP contribution is -2.31. The molecule has 1 N–H and O–H groups in total. The number of halogens is 1. The van der Waals surface area contributed by atoms with Crippen LogP contribution in [-0.4, -0.2) is 47.5 Å². The van der Waals surface area contributed by atoms with Gasteiger partial charge in [0.1, 0.15) is 0 Å². The predicted molar refractivity (Wildman–Crippen MR) is 77.3 cm³/mol. The first kappa shape index (κ1) is 15.7. The van der Waals surface area contributed by atoms with E-state index >= 15 is 0 Å². The molecule has 1 aromatic heterocycles. The van der Waals surface area contributed by atoms with Gasteiger partial charge in [-0.25, -0.2) is 4.98 Å². The van der Waals surface area contributed by atoms with Gasteiger partial charge in [-0.05, 0) is 29.8 Å². The van der Waals surface area contributed by atoms with Crippen molar-refractivity contribution in [3.8, 4) is 5.88 Å². The summed E-state index contributed by atoms with van der Waals surface area (Å²) in [6, 6.07) is 0. The van der Waals surface area contributed by atoms with Crippen LogP contribution < -0.4 is 10.1 Å². The van der Waals surface area contributed by atoms with E-state index in [1.165, 1.54) is 0 Å². The first-order valence-electron chi connectivity index (χ1n) is 6.20. The number of aromatic nitrogens is 2. The van der Waals surface area contributed by atoms with E-state index in [0.29, 0.717) is 29.3 Å². The maximum atomic E-state index is 11.8. The minimum absolute atomic E-state index is 0.126. The molecule has 0 aliphatic rings. The van der Waals surface area contributed by atoms with Crippen LogP contribution in [-0.2, 0) is 4.79 Å². The van der Waals surface area contributed by atoms with Crippen LogP contribution in [0.2, 0.25) is 0 Å². The topological polar surface area (TPSA) is 67.4 Å². The SMILES string of the molecule is CCN(CC)C(=O)CCNc1ncc(Br)c(OC)n1. The molecule has 1 amide bonds. The largest absolute Gasteiger partial charge is 0.480 e. The Labute approximate surface area is 121 Å². The van der Waals surface area contributed by atoms with E-state index in [9.17, 15) is 4.79 Å². The number of carbonyl (C=O) groups excluding carboxylic acids is 1. The first-order chi connectivity index (χ1) is 9.12. The third kappa shape index (κ3) is 4.66. The average molecular weight is 331 g/mol. The van der Waals surface area contributed by atoms with Gasteiger partial charge in [0.2, 0.25) is 17.7 Å². The van der Waals surface area contributed by atoms with Crippen LogP contribution in [0.3, 0.4) is 0 Å². The number of rotatable bonds is 7. The van der Waals surface area contributed by atoms with Gasteiger partial charge in [-0.15, -0.1) is 0 Å². The van der Waals surface area contributed by atoms with Crippen LogP contribution in [0.1, 0.15) is 20.3 Å². The van der Waals surface area contributed by atoms with Gasteiger partial charge < -0.3 is 15.0 Å². The average Bonchev–Trinajstić information content (AvgIpc) is 2.42. The Balaban J connectivity index is 2.47. The number of nitrogens with zero attached hydrogens (tertiary/aromatic N) is 3. The molecule has 1 aromatic rings. The van der Waals surface area contributed by atoms with Crippen LogP contribution >= 0.6 is 15.9 Å². The summed E-state index contributed by atoms with van der Waals surface area (Å²) < 4.78 is 5.77. The molecule has 1 heterocycles. The molecule has 0 unspecified atom stereocenters. The summed E-state index contributed by atoms with van der Waals surface area (Å²) in [5.74, 6) is 1.04. The van der Waals surface area contributed by atoms with Crippen molar-refractivity contribution in [1.29, 1.82) is 0 Å². The highest BCUT2D eigenvalue weighted by atomic mass is 79.9. The van der Waals surface area contributed by atoms with Crippen LogP contribution in [0.4, 0.5) is 5.95 Å². The fourth-order valence-electron chi connectivity index (χ4n) is 1.60. The van der Waals surface area contributed by atoms with Crippen LogP contribution in [0.5, 0.6) is 5.88 Å².